The number of hydrogen-bond acceptors (Lipinski definition) is 12. The van der Waals surface area contributed by atoms with Gasteiger partial charge in [-0.05, 0) is 93.7 Å². The molecule has 3 aromatic rings. The number of aromatic amines is 1. The molecule has 0 radical (unpaired) electrons. The molecule has 4 aliphatic heterocycles. The SMILES string of the molecule is CC[C@H](C)[C@H](NC(=O)[C@H](CCC(N)=O)NC(=O)[C@@H]1CCCN1C(=O)[C@H](CCCNC(=N)N)NC(=O)[C@@H]1CCCN1C(=O)[C@H](Cc1c[nH]c2ccccc12)NC(=O)OCc1ccccc1)C(=O)N1CCC[C@H]1C(=O)N1CCC[C@H]1C(N)=O. The van der Waals surface area contributed by atoms with Crippen LogP contribution in [-0.4, -0.2) is 171 Å². The van der Waals surface area contributed by atoms with Crippen LogP contribution in [0, 0.1) is 11.3 Å². The molecule has 4 saturated heterocycles. The summed E-state index contributed by atoms with van der Waals surface area (Å²) < 4.78 is 5.53. The summed E-state index contributed by atoms with van der Waals surface area (Å²) in [6.07, 6.45) is 4.17. The number of carbonyl (C=O) groups is 10. The van der Waals surface area contributed by atoms with Crippen molar-refractivity contribution in [3.8, 4) is 0 Å². The fourth-order valence-corrected chi connectivity index (χ4v) is 11.4. The number of nitrogens with one attached hydrogen (secondary N) is 7. The summed E-state index contributed by atoms with van der Waals surface area (Å²) in [5, 5.41) is 22.3. The van der Waals surface area contributed by atoms with E-state index >= 15 is 0 Å². The van der Waals surface area contributed by atoms with Crippen molar-refractivity contribution in [1.29, 1.82) is 5.41 Å². The van der Waals surface area contributed by atoms with Gasteiger partial charge in [0, 0.05) is 62.7 Å². The second kappa shape index (κ2) is 28.3. The van der Waals surface area contributed by atoms with E-state index in [1.165, 1.54) is 19.6 Å². The molecule has 10 amide bonds. The Hall–Kier alpha value is -8.25. The Balaban J connectivity index is 1.05. The van der Waals surface area contributed by atoms with Crippen molar-refractivity contribution in [2.45, 2.75) is 159 Å². The Kier molecular flexibility index (Phi) is 21.1. The molecule has 7 rings (SSSR count). The number of guanidine groups is 1. The first-order valence-electron chi connectivity index (χ1n) is 28.2. The van der Waals surface area contributed by atoms with Gasteiger partial charge < -0.3 is 73.1 Å². The lowest BCUT2D eigenvalue weighted by Crippen LogP contribution is -2.60. The van der Waals surface area contributed by atoms with Crippen LogP contribution in [0.2, 0.25) is 0 Å². The van der Waals surface area contributed by atoms with Crippen molar-refractivity contribution in [1.82, 2.24) is 51.2 Å². The molecule has 0 aliphatic carbocycles. The maximum atomic E-state index is 14.8. The van der Waals surface area contributed by atoms with Crippen molar-refractivity contribution in [3.05, 3.63) is 71.9 Å². The van der Waals surface area contributed by atoms with Crippen LogP contribution in [0.1, 0.15) is 108 Å². The van der Waals surface area contributed by atoms with E-state index in [2.05, 4.69) is 31.6 Å². The second-order valence-corrected chi connectivity index (χ2v) is 21.5. The number of ether oxygens (including phenoxy) is 1. The quantitative estimate of drug-likeness (QED) is 0.0314. The number of likely N-dealkylation sites (tertiary alicyclic amines) is 4. The average Bonchev–Trinajstić information content (AvgIpc) is 4.54. The number of benzene rings is 2. The smallest absolute Gasteiger partial charge is 0.408 e. The standard InChI is InChI=1S/C56H78N14O11/c1-3-33(2)46(54(79)70-29-13-22-44(70)53(78)67-26-10-19-41(67)47(58)72)66-48(73)38(23-24-45(57)71)63-49(74)42-20-11-27-68(42)51(76)39(18-9-25-61-55(59)60)64-50(75)43-21-12-28-69(43)52(77)40(30-35-31-62-37-17-8-7-16-36(35)37)65-56(80)81-32-34-14-5-4-6-15-34/h4-8,14-17,31,33,38-44,46,62H,3,9-13,18-30,32H2,1-2H3,(H2,57,71)(H2,58,72)(H,63,74)(H,64,75)(H,65,80)(H,66,73)(H4,59,60,61)/t33-,38-,39-,40-,41-,42-,43-,44-,46-/m0/s1. The van der Waals surface area contributed by atoms with Gasteiger partial charge in [0.2, 0.25) is 53.2 Å². The Bertz CT molecular complexity index is 2790. The molecule has 81 heavy (non-hydrogen) atoms. The number of para-hydroxylation sites is 1. The van der Waals surface area contributed by atoms with Gasteiger partial charge in [0.25, 0.3) is 0 Å². The van der Waals surface area contributed by atoms with Gasteiger partial charge in [-0.2, -0.15) is 0 Å². The molecule has 5 heterocycles. The molecule has 438 valence electrons. The summed E-state index contributed by atoms with van der Waals surface area (Å²) in [7, 11) is 0. The lowest BCUT2D eigenvalue weighted by Gasteiger charge is -2.34. The lowest BCUT2D eigenvalue weighted by atomic mass is 9.96. The summed E-state index contributed by atoms with van der Waals surface area (Å²) in [5.74, 6) is -6.38. The molecular weight excluding hydrogens is 1040 g/mol. The van der Waals surface area contributed by atoms with Crippen molar-refractivity contribution in [3.63, 3.8) is 0 Å². The molecule has 25 nitrogen and oxygen atoms in total. The molecule has 0 saturated carbocycles. The first-order chi connectivity index (χ1) is 38.9. The number of aromatic nitrogens is 1. The molecule has 0 unspecified atom stereocenters. The number of carbonyl (C=O) groups excluding carboxylic acids is 10. The summed E-state index contributed by atoms with van der Waals surface area (Å²) in [5.41, 5.74) is 19.0. The van der Waals surface area contributed by atoms with Crippen LogP contribution < -0.4 is 43.8 Å². The van der Waals surface area contributed by atoms with Gasteiger partial charge in [0.1, 0.15) is 54.9 Å². The van der Waals surface area contributed by atoms with Crippen molar-refractivity contribution in [2.24, 2.45) is 23.1 Å². The van der Waals surface area contributed by atoms with Gasteiger partial charge >= 0.3 is 6.09 Å². The van der Waals surface area contributed by atoms with Gasteiger partial charge in [0.05, 0.1) is 0 Å². The first kappa shape index (κ1) is 60.4. The molecule has 2 aromatic carbocycles. The highest BCUT2D eigenvalue weighted by Crippen LogP contribution is 2.28. The fourth-order valence-electron chi connectivity index (χ4n) is 11.4. The summed E-state index contributed by atoms with van der Waals surface area (Å²) in [6, 6.07) is 7.73. The fraction of sp³-hybridized carbons (Fsp3) is 0.554. The summed E-state index contributed by atoms with van der Waals surface area (Å²) in [6.45, 7) is 4.52. The molecular formula is C56H78N14O11. The van der Waals surface area contributed by atoms with E-state index in [1.807, 2.05) is 49.4 Å². The number of nitrogens with zero attached hydrogens (tertiary/aromatic N) is 4. The zero-order valence-corrected chi connectivity index (χ0v) is 46.1. The molecule has 0 bridgehead atoms. The number of H-pyrrole nitrogens is 1. The van der Waals surface area contributed by atoms with Gasteiger partial charge in [-0.1, -0.05) is 68.8 Å². The molecule has 25 heteroatoms. The molecule has 4 fully saturated rings. The Morgan fingerprint density at radius 2 is 1.23 bits per heavy atom. The average molecular weight is 1120 g/mol. The molecule has 4 aliphatic rings. The predicted octanol–water partition coefficient (Wildman–Crippen LogP) is 0.484. The number of rotatable bonds is 25. The van der Waals surface area contributed by atoms with Crippen LogP contribution in [0.4, 0.5) is 4.79 Å². The lowest BCUT2D eigenvalue weighted by molar-refractivity contribution is -0.148. The highest BCUT2D eigenvalue weighted by atomic mass is 16.5. The van der Waals surface area contributed by atoms with Crippen molar-refractivity contribution >= 4 is 76.1 Å². The minimum Gasteiger partial charge on any atom is -0.445 e. The Morgan fingerprint density at radius 3 is 1.85 bits per heavy atom. The Labute approximate surface area is 470 Å². The second-order valence-electron chi connectivity index (χ2n) is 21.5. The number of primary amides is 2. The Morgan fingerprint density at radius 1 is 0.667 bits per heavy atom. The maximum Gasteiger partial charge on any atom is 0.408 e. The normalized spacial score (nSPS) is 20.6. The molecule has 0 spiro atoms. The van der Waals surface area contributed by atoms with Crippen LogP contribution >= 0.6 is 0 Å². The zero-order chi connectivity index (χ0) is 58.3. The number of alkyl carbamates (subject to hydrolysis) is 1. The summed E-state index contributed by atoms with van der Waals surface area (Å²) >= 11 is 0. The van der Waals surface area contributed by atoms with Gasteiger partial charge in [-0.15, -0.1) is 0 Å². The highest BCUT2D eigenvalue weighted by molar-refractivity contribution is 5.99. The van der Waals surface area contributed by atoms with Gasteiger partial charge in [-0.25, -0.2) is 4.79 Å². The topological polar surface area (TPSA) is 371 Å². The van der Waals surface area contributed by atoms with E-state index in [-0.39, 0.29) is 83.7 Å². The first-order valence-corrected chi connectivity index (χ1v) is 28.2. The maximum absolute atomic E-state index is 14.8. The van der Waals surface area contributed by atoms with E-state index in [0.29, 0.717) is 51.5 Å². The highest BCUT2D eigenvalue weighted by Gasteiger charge is 2.46. The van der Waals surface area contributed by atoms with E-state index in [4.69, 9.17) is 27.3 Å². The van der Waals surface area contributed by atoms with Crippen LogP contribution in [0.25, 0.3) is 10.9 Å². The van der Waals surface area contributed by atoms with Crippen LogP contribution in [0.5, 0.6) is 0 Å². The van der Waals surface area contributed by atoms with E-state index < -0.39 is 114 Å². The van der Waals surface area contributed by atoms with E-state index in [9.17, 15) is 47.9 Å². The molecule has 9 atom stereocenters. The van der Waals surface area contributed by atoms with Crippen LogP contribution in [0.3, 0.4) is 0 Å². The monoisotopic (exact) mass is 1120 g/mol. The van der Waals surface area contributed by atoms with Gasteiger partial charge in [-0.3, -0.25) is 48.6 Å². The minimum absolute atomic E-state index is 0.0241. The third-order valence-corrected chi connectivity index (χ3v) is 16.0. The van der Waals surface area contributed by atoms with Crippen molar-refractivity contribution in [2.75, 3.05) is 32.7 Å². The third-order valence-electron chi connectivity index (χ3n) is 16.0. The number of fused-ring (bicyclic) bond motifs is 1. The van der Waals surface area contributed by atoms with Gasteiger partial charge in [0.15, 0.2) is 5.96 Å². The molecule has 1 aromatic heterocycles. The van der Waals surface area contributed by atoms with E-state index in [0.717, 1.165) is 22.0 Å². The van der Waals surface area contributed by atoms with Crippen LogP contribution in [-0.2, 0) is 60.9 Å². The minimum atomic E-state index is -1.40. The van der Waals surface area contributed by atoms with Crippen molar-refractivity contribution < 1.29 is 52.7 Å². The number of hydrogen-bond donors (Lipinski definition) is 10. The molecule has 13 N–H and O–H groups in total. The van der Waals surface area contributed by atoms with E-state index in [1.54, 1.807) is 25.3 Å². The van der Waals surface area contributed by atoms with Crippen LogP contribution in [0.15, 0.2) is 60.8 Å². The third kappa shape index (κ3) is 15.4. The largest absolute Gasteiger partial charge is 0.445 e. The number of amides is 10. The zero-order valence-electron chi connectivity index (χ0n) is 46.1. The number of nitrogens with two attached hydrogens (primary N) is 3. The summed E-state index contributed by atoms with van der Waals surface area (Å²) in [4.78, 5) is 148. The predicted molar refractivity (Wildman–Crippen MR) is 297 cm³/mol.